The molecule has 0 aliphatic carbocycles. The van der Waals surface area contributed by atoms with E-state index in [1.165, 1.54) is 0 Å². The second-order valence-electron chi connectivity index (χ2n) is 4.30. The van der Waals surface area contributed by atoms with Crippen molar-refractivity contribution in [3.05, 3.63) is 24.3 Å². The number of nitrogens with one attached hydrogen (secondary N) is 2. The van der Waals surface area contributed by atoms with Crippen LogP contribution in [-0.2, 0) is 0 Å². The number of hydrogen-bond donors (Lipinski definition) is 2. The molecule has 0 atom stereocenters. The van der Waals surface area contributed by atoms with Crippen molar-refractivity contribution in [1.29, 1.82) is 0 Å². The van der Waals surface area contributed by atoms with Crippen molar-refractivity contribution in [2.45, 2.75) is 26.7 Å². The largest absolute Gasteiger partial charge is 0.375 e. The minimum absolute atomic E-state index is 0.139. The second-order valence-corrected chi connectivity index (χ2v) is 4.30. The van der Waals surface area contributed by atoms with Crippen LogP contribution in [0.5, 0.6) is 0 Å². The molecule has 0 fully saturated rings. The molecule has 100 valence electrons. The number of anilines is 2. The van der Waals surface area contributed by atoms with Gasteiger partial charge in [0.2, 0.25) is 0 Å². The summed E-state index contributed by atoms with van der Waals surface area (Å²) in [7, 11) is 2.04. The maximum atomic E-state index is 11.5. The van der Waals surface area contributed by atoms with Gasteiger partial charge in [-0.1, -0.05) is 13.3 Å². The molecule has 0 aromatic heterocycles. The zero-order chi connectivity index (χ0) is 13.4. The Balaban J connectivity index is 2.45. The lowest BCUT2D eigenvalue weighted by atomic mass is 10.2. The minimum atomic E-state index is -0.139. The highest BCUT2D eigenvalue weighted by molar-refractivity contribution is 5.89. The van der Waals surface area contributed by atoms with Crippen molar-refractivity contribution in [1.82, 2.24) is 5.32 Å². The molecule has 2 N–H and O–H groups in total. The molecule has 1 rings (SSSR count). The lowest BCUT2D eigenvalue weighted by Crippen LogP contribution is -2.29. The first-order chi connectivity index (χ1) is 8.67. The van der Waals surface area contributed by atoms with Gasteiger partial charge in [-0.15, -0.1) is 0 Å². The molecule has 4 heteroatoms. The summed E-state index contributed by atoms with van der Waals surface area (Å²) in [5.74, 6) is 0. The highest BCUT2D eigenvalue weighted by atomic mass is 16.2. The van der Waals surface area contributed by atoms with Crippen molar-refractivity contribution in [3.8, 4) is 0 Å². The highest BCUT2D eigenvalue weighted by Crippen LogP contribution is 2.16. The first kappa shape index (κ1) is 14.4. The van der Waals surface area contributed by atoms with E-state index in [1.54, 1.807) is 0 Å². The van der Waals surface area contributed by atoms with Crippen LogP contribution in [0.2, 0.25) is 0 Å². The van der Waals surface area contributed by atoms with Gasteiger partial charge >= 0.3 is 6.03 Å². The summed E-state index contributed by atoms with van der Waals surface area (Å²) >= 11 is 0. The van der Waals surface area contributed by atoms with Crippen molar-refractivity contribution in [2.24, 2.45) is 0 Å². The van der Waals surface area contributed by atoms with E-state index >= 15 is 0 Å². The number of carbonyl (C=O) groups is 1. The van der Waals surface area contributed by atoms with Crippen molar-refractivity contribution in [2.75, 3.05) is 30.4 Å². The summed E-state index contributed by atoms with van der Waals surface area (Å²) in [6.45, 7) is 5.89. The van der Waals surface area contributed by atoms with E-state index in [0.29, 0.717) is 0 Å². The first-order valence-corrected chi connectivity index (χ1v) is 6.53. The standard InChI is InChI=1S/C14H23N3O/c1-4-6-11-15-14(18)16-12-7-9-13(10-8-12)17(3)5-2/h7-10H,4-6,11H2,1-3H3,(H2,15,16,18). The number of amides is 2. The predicted molar refractivity (Wildman–Crippen MR) is 77.3 cm³/mol. The van der Waals surface area contributed by atoms with E-state index in [2.05, 4.69) is 29.4 Å². The fraction of sp³-hybridized carbons (Fsp3) is 0.500. The van der Waals surface area contributed by atoms with E-state index in [4.69, 9.17) is 0 Å². The summed E-state index contributed by atoms with van der Waals surface area (Å²) in [6, 6.07) is 7.71. The van der Waals surface area contributed by atoms with Crippen LogP contribution in [0.15, 0.2) is 24.3 Å². The van der Waals surface area contributed by atoms with E-state index in [-0.39, 0.29) is 6.03 Å². The van der Waals surface area contributed by atoms with Crippen LogP contribution < -0.4 is 15.5 Å². The van der Waals surface area contributed by atoms with Crippen LogP contribution in [-0.4, -0.2) is 26.2 Å². The van der Waals surface area contributed by atoms with Gasteiger partial charge < -0.3 is 15.5 Å². The summed E-state index contributed by atoms with van der Waals surface area (Å²) < 4.78 is 0. The molecular weight excluding hydrogens is 226 g/mol. The Morgan fingerprint density at radius 1 is 1.22 bits per heavy atom. The first-order valence-electron chi connectivity index (χ1n) is 6.53. The van der Waals surface area contributed by atoms with Crippen LogP contribution in [0.25, 0.3) is 0 Å². The maximum Gasteiger partial charge on any atom is 0.319 e. The van der Waals surface area contributed by atoms with E-state index in [1.807, 2.05) is 31.3 Å². The monoisotopic (exact) mass is 249 g/mol. The number of benzene rings is 1. The predicted octanol–water partition coefficient (Wildman–Crippen LogP) is 3.06. The Kier molecular flexibility index (Phi) is 6.05. The quantitative estimate of drug-likeness (QED) is 0.761. The molecule has 1 aromatic carbocycles. The molecule has 0 aliphatic heterocycles. The molecular formula is C14H23N3O. The van der Waals surface area contributed by atoms with Crippen molar-refractivity contribution < 1.29 is 4.79 Å². The topological polar surface area (TPSA) is 44.4 Å². The molecule has 0 heterocycles. The zero-order valence-electron chi connectivity index (χ0n) is 11.5. The Morgan fingerprint density at radius 3 is 2.44 bits per heavy atom. The van der Waals surface area contributed by atoms with Gasteiger partial charge in [0.05, 0.1) is 0 Å². The summed E-state index contributed by atoms with van der Waals surface area (Å²) in [6.07, 6.45) is 2.09. The number of hydrogen-bond acceptors (Lipinski definition) is 2. The second kappa shape index (κ2) is 7.58. The summed E-state index contributed by atoms with van der Waals surface area (Å²) in [5.41, 5.74) is 1.96. The Morgan fingerprint density at radius 2 is 1.89 bits per heavy atom. The number of nitrogens with zero attached hydrogens (tertiary/aromatic N) is 1. The van der Waals surface area contributed by atoms with Gasteiger partial charge in [-0.3, -0.25) is 0 Å². The van der Waals surface area contributed by atoms with Crippen LogP contribution in [0.4, 0.5) is 16.2 Å². The van der Waals surface area contributed by atoms with Gasteiger partial charge in [0.25, 0.3) is 0 Å². The fourth-order valence-corrected chi connectivity index (χ4v) is 1.54. The van der Waals surface area contributed by atoms with E-state index in [0.717, 1.165) is 37.3 Å². The lowest BCUT2D eigenvalue weighted by molar-refractivity contribution is 0.252. The van der Waals surface area contributed by atoms with Crippen LogP contribution in [0.3, 0.4) is 0 Å². The Hall–Kier alpha value is -1.71. The van der Waals surface area contributed by atoms with Crippen LogP contribution in [0, 0.1) is 0 Å². The van der Waals surface area contributed by atoms with Crippen molar-refractivity contribution in [3.63, 3.8) is 0 Å². The summed E-state index contributed by atoms with van der Waals surface area (Å²) in [4.78, 5) is 13.7. The van der Waals surface area contributed by atoms with Crippen LogP contribution >= 0.6 is 0 Å². The number of unbranched alkanes of at least 4 members (excludes halogenated alkanes) is 1. The third-order valence-electron chi connectivity index (χ3n) is 2.86. The van der Waals surface area contributed by atoms with Gasteiger partial charge in [0.1, 0.15) is 0 Å². The average molecular weight is 249 g/mol. The molecule has 0 saturated heterocycles. The maximum absolute atomic E-state index is 11.5. The minimum Gasteiger partial charge on any atom is -0.375 e. The molecule has 0 spiro atoms. The molecule has 1 aromatic rings. The number of rotatable bonds is 6. The van der Waals surface area contributed by atoms with Gasteiger partial charge in [-0.25, -0.2) is 4.79 Å². The molecule has 2 amide bonds. The molecule has 0 bridgehead atoms. The molecule has 18 heavy (non-hydrogen) atoms. The molecule has 0 saturated carbocycles. The molecule has 0 unspecified atom stereocenters. The fourth-order valence-electron chi connectivity index (χ4n) is 1.54. The third kappa shape index (κ3) is 4.65. The zero-order valence-corrected chi connectivity index (χ0v) is 11.5. The van der Waals surface area contributed by atoms with Crippen LogP contribution in [0.1, 0.15) is 26.7 Å². The SMILES string of the molecule is CCCCNC(=O)Nc1ccc(N(C)CC)cc1. The number of carbonyl (C=O) groups excluding carboxylic acids is 1. The van der Waals surface area contributed by atoms with Gasteiger partial charge in [0.15, 0.2) is 0 Å². The average Bonchev–Trinajstić information content (AvgIpc) is 2.39. The van der Waals surface area contributed by atoms with Gasteiger partial charge in [-0.05, 0) is 37.6 Å². The Bertz CT molecular complexity index is 362. The normalized spacial score (nSPS) is 9.94. The lowest BCUT2D eigenvalue weighted by Gasteiger charge is -2.17. The molecule has 0 radical (unpaired) electrons. The molecule has 0 aliphatic rings. The van der Waals surface area contributed by atoms with Gasteiger partial charge in [0, 0.05) is 31.5 Å². The smallest absolute Gasteiger partial charge is 0.319 e. The Labute approximate surface area is 109 Å². The third-order valence-corrected chi connectivity index (χ3v) is 2.86. The van der Waals surface area contributed by atoms with E-state index in [9.17, 15) is 4.79 Å². The number of urea groups is 1. The van der Waals surface area contributed by atoms with Gasteiger partial charge in [-0.2, -0.15) is 0 Å². The summed E-state index contributed by atoms with van der Waals surface area (Å²) in [5, 5.41) is 5.64. The molecule has 4 nitrogen and oxygen atoms in total. The van der Waals surface area contributed by atoms with Crippen molar-refractivity contribution >= 4 is 17.4 Å². The van der Waals surface area contributed by atoms with E-state index < -0.39 is 0 Å². The highest BCUT2D eigenvalue weighted by Gasteiger charge is 2.02.